The number of carboxylic acids is 1. The van der Waals surface area contributed by atoms with Crippen LogP contribution in [0.2, 0.25) is 0 Å². The smallest absolute Gasteiger partial charge is 0.326 e. The van der Waals surface area contributed by atoms with Crippen LogP contribution >= 0.6 is 0 Å². The molecule has 1 saturated carbocycles. The molecule has 1 amide bonds. The normalized spacial score (nSPS) is 19.1. The summed E-state index contributed by atoms with van der Waals surface area (Å²) < 4.78 is 10.5. The molecule has 0 heterocycles. The van der Waals surface area contributed by atoms with E-state index in [1.54, 1.807) is 0 Å². The molecular weight excluding hydrogens is 250 g/mol. The summed E-state index contributed by atoms with van der Waals surface area (Å²) in [7, 11) is 1.50. The summed E-state index contributed by atoms with van der Waals surface area (Å²) >= 11 is 0. The topological polar surface area (TPSA) is 84.9 Å². The lowest BCUT2D eigenvalue weighted by Crippen LogP contribution is -2.52. The third kappa shape index (κ3) is 4.18. The second kappa shape index (κ2) is 7.45. The number of carboxylic acid groups (broad SMARTS) is 1. The first kappa shape index (κ1) is 15.9. The molecule has 2 N–H and O–H groups in total. The number of rotatable bonds is 8. The van der Waals surface area contributed by atoms with Gasteiger partial charge in [-0.1, -0.05) is 0 Å². The Labute approximate surface area is 113 Å². The van der Waals surface area contributed by atoms with Crippen LogP contribution in [0.15, 0.2) is 0 Å². The van der Waals surface area contributed by atoms with Crippen LogP contribution in [0.4, 0.5) is 0 Å². The Kier molecular flexibility index (Phi) is 6.24. The number of aliphatic carboxylic acids is 1. The average Bonchev–Trinajstić information content (AvgIpc) is 2.84. The van der Waals surface area contributed by atoms with Gasteiger partial charge in [-0.2, -0.15) is 0 Å². The maximum Gasteiger partial charge on any atom is 0.326 e. The van der Waals surface area contributed by atoms with Gasteiger partial charge in [0, 0.05) is 26.7 Å². The quantitative estimate of drug-likeness (QED) is 0.687. The Morgan fingerprint density at radius 1 is 1.37 bits per heavy atom. The molecule has 19 heavy (non-hydrogen) atoms. The molecule has 0 aromatic heterocycles. The van der Waals surface area contributed by atoms with E-state index >= 15 is 0 Å². The molecule has 6 nitrogen and oxygen atoms in total. The van der Waals surface area contributed by atoms with Crippen molar-refractivity contribution in [3.63, 3.8) is 0 Å². The van der Waals surface area contributed by atoms with E-state index < -0.39 is 17.6 Å². The van der Waals surface area contributed by atoms with Crippen LogP contribution in [-0.4, -0.2) is 48.9 Å². The Hall–Kier alpha value is -1.14. The van der Waals surface area contributed by atoms with Gasteiger partial charge in [-0.15, -0.1) is 0 Å². The van der Waals surface area contributed by atoms with Crippen LogP contribution in [0.25, 0.3) is 0 Å². The molecule has 1 atom stereocenters. The zero-order chi connectivity index (χ0) is 14.3. The second-order valence-electron chi connectivity index (χ2n) is 4.78. The van der Waals surface area contributed by atoms with Crippen molar-refractivity contribution in [2.45, 2.75) is 50.7 Å². The lowest BCUT2D eigenvalue weighted by Gasteiger charge is -2.29. The average molecular weight is 273 g/mol. The zero-order valence-corrected chi connectivity index (χ0v) is 11.6. The van der Waals surface area contributed by atoms with Crippen molar-refractivity contribution in [3.05, 3.63) is 0 Å². The van der Waals surface area contributed by atoms with Crippen LogP contribution in [0.5, 0.6) is 0 Å². The van der Waals surface area contributed by atoms with E-state index in [0.29, 0.717) is 26.1 Å². The fourth-order valence-electron chi connectivity index (χ4n) is 2.44. The van der Waals surface area contributed by atoms with Crippen LogP contribution in [-0.2, 0) is 19.1 Å². The van der Waals surface area contributed by atoms with Crippen molar-refractivity contribution in [1.29, 1.82) is 0 Å². The summed E-state index contributed by atoms with van der Waals surface area (Å²) in [4.78, 5) is 23.4. The SMILES string of the molecule is CCOC1(C(=O)NC(CCOC)C(=O)O)CCCC1. The van der Waals surface area contributed by atoms with Gasteiger partial charge in [0.25, 0.3) is 5.91 Å². The summed E-state index contributed by atoms with van der Waals surface area (Å²) in [6, 6.07) is -0.926. The highest BCUT2D eigenvalue weighted by Crippen LogP contribution is 2.33. The molecule has 0 bridgehead atoms. The van der Waals surface area contributed by atoms with E-state index in [9.17, 15) is 9.59 Å². The summed E-state index contributed by atoms with van der Waals surface area (Å²) in [5, 5.41) is 11.7. The third-order valence-corrected chi connectivity index (χ3v) is 3.46. The van der Waals surface area contributed by atoms with Gasteiger partial charge in [0.05, 0.1) is 0 Å². The maximum absolute atomic E-state index is 12.3. The van der Waals surface area contributed by atoms with Gasteiger partial charge in [-0.05, 0) is 32.6 Å². The molecule has 6 heteroatoms. The van der Waals surface area contributed by atoms with Crippen LogP contribution in [0.1, 0.15) is 39.0 Å². The molecule has 0 spiro atoms. The number of amides is 1. The minimum atomic E-state index is -1.05. The Morgan fingerprint density at radius 3 is 2.47 bits per heavy atom. The van der Waals surface area contributed by atoms with Crippen LogP contribution < -0.4 is 5.32 Å². The summed E-state index contributed by atoms with van der Waals surface area (Å²) in [5.74, 6) is -1.36. The first-order valence-corrected chi connectivity index (χ1v) is 6.72. The van der Waals surface area contributed by atoms with Gasteiger partial charge in [0.2, 0.25) is 0 Å². The van der Waals surface area contributed by atoms with Gasteiger partial charge in [0.1, 0.15) is 11.6 Å². The molecule has 0 radical (unpaired) electrons. The number of hydrogen-bond acceptors (Lipinski definition) is 4. The van der Waals surface area contributed by atoms with Crippen molar-refractivity contribution in [2.75, 3.05) is 20.3 Å². The Bertz CT molecular complexity index is 312. The highest BCUT2D eigenvalue weighted by molar-refractivity contribution is 5.89. The van der Waals surface area contributed by atoms with Crippen LogP contribution in [0.3, 0.4) is 0 Å². The van der Waals surface area contributed by atoms with E-state index in [1.165, 1.54) is 7.11 Å². The van der Waals surface area contributed by atoms with E-state index in [2.05, 4.69) is 5.32 Å². The molecule has 110 valence electrons. The number of carbonyl (C=O) groups is 2. The summed E-state index contributed by atoms with van der Waals surface area (Å²) in [5.41, 5.74) is -0.838. The third-order valence-electron chi connectivity index (χ3n) is 3.46. The van der Waals surface area contributed by atoms with E-state index in [1.807, 2.05) is 6.92 Å². The first-order chi connectivity index (χ1) is 9.05. The van der Waals surface area contributed by atoms with Gasteiger partial charge < -0.3 is 19.9 Å². The second-order valence-corrected chi connectivity index (χ2v) is 4.78. The Balaban J connectivity index is 2.65. The predicted molar refractivity (Wildman–Crippen MR) is 68.9 cm³/mol. The number of nitrogens with one attached hydrogen (secondary N) is 1. The fourth-order valence-corrected chi connectivity index (χ4v) is 2.44. The highest BCUT2D eigenvalue weighted by atomic mass is 16.5. The number of ether oxygens (including phenoxy) is 2. The fraction of sp³-hybridized carbons (Fsp3) is 0.846. The molecule has 1 aliphatic carbocycles. The zero-order valence-electron chi connectivity index (χ0n) is 11.6. The van der Waals surface area contributed by atoms with Gasteiger partial charge >= 0.3 is 5.97 Å². The summed E-state index contributed by atoms with van der Waals surface area (Å²) in [6.07, 6.45) is 3.43. The molecular formula is C13H23NO5. The molecule has 0 aromatic carbocycles. The molecule has 1 unspecified atom stereocenters. The Morgan fingerprint density at radius 2 is 2.00 bits per heavy atom. The minimum absolute atomic E-state index is 0.250. The van der Waals surface area contributed by atoms with Gasteiger partial charge in [0.15, 0.2) is 0 Å². The highest BCUT2D eigenvalue weighted by Gasteiger charge is 2.43. The lowest BCUT2D eigenvalue weighted by atomic mass is 10.00. The number of hydrogen-bond donors (Lipinski definition) is 2. The van der Waals surface area contributed by atoms with E-state index in [0.717, 1.165) is 12.8 Å². The van der Waals surface area contributed by atoms with Crippen molar-refractivity contribution in [1.82, 2.24) is 5.32 Å². The minimum Gasteiger partial charge on any atom is -0.480 e. The first-order valence-electron chi connectivity index (χ1n) is 6.72. The number of carbonyl (C=O) groups excluding carboxylic acids is 1. The standard InChI is InChI=1S/C13H23NO5/c1-3-19-13(7-4-5-8-13)12(17)14-10(11(15)16)6-9-18-2/h10H,3-9H2,1-2H3,(H,14,17)(H,15,16). The van der Waals surface area contributed by atoms with E-state index in [4.69, 9.17) is 14.6 Å². The van der Waals surface area contributed by atoms with E-state index in [-0.39, 0.29) is 12.3 Å². The van der Waals surface area contributed by atoms with Crippen molar-refractivity contribution in [3.8, 4) is 0 Å². The van der Waals surface area contributed by atoms with Crippen LogP contribution in [0, 0.1) is 0 Å². The molecule has 1 fully saturated rings. The van der Waals surface area contributed by atoms with Crippen molar-refractivity contribution < 1.29 is 24.2 Å². The molecule has 1 rings (SSSR count). The molecule has 0 aromatic rings. The number of methoxy groups -OCH3 is 1. The maximum atomic E-state index is 12.3. The monoisotopic (exact) mass is 273 g/mol. The van der Waals surface area contributed by atoms with Crippen molar-refractivity contribution >= 4 is 11.9 Å². The lowest BCUT2D eigenvalue weighted by molar-refractivity contribution is -0.151. The van der Waals surface area contributed by atoms with Gasteiger partial charge in [-0.3, -0.25) is 4.79 Å². The van der Waals surface area contributed by atoms with Crippen molar-refractivity contribution in [2.24, 2.45) is 0 Å². The molecule has 0 aliphatic heterocycles. The predicted octanol–water partition coefficient (Wildman–Crippen LogP) is 0.942. The molecule has 1 aliphatic rings. The van der Waals surface area contributed by atoms with Gasteiger partial charge in [-0.25, -0.2) is 4.79 Å². The largest absolute Gasteiger partial charge is 0.480 e. The molecule has 0 saturated heterocycles. The summed E-state index contributed by atoms with van der Waals surface area (Å²) in [6.45, 7) is 2.58.